The highest BCUT2D eigenvalue weighted by atomic mass is 32.2. The van der Waals surface area contributed by atoms with E-state index in [2.05, 4.69) is 10.0 Å². The summed E-state index contributed by atoms with van der Waals surface area (Å²) in [6.07, 6.45) is 0. The molecule has 0 radical (unpaired) electrons. The normalized spacial score (nSPS) is 11.2. The number of sulfonamides is 1. The Bertz CT molecular complexity index is 1410. The standard InChI is InChI=1S/C25H22N2O4S/c1-17-11-14-21(32(29,30)27-22-9-5-6-10-24(22)31-2)16-23(17)26-25(28)20-13-12-18-7-3-4-8-19(18)15-20/h3-16,27H,1-2H3,(H,26,28). The number of amides is 1. The Balaban J connectivity index is 1.61. The molecule has 0 saturated heterocycles. The van der Waals surface area contributed by atoms with Gasteiger partial charge in [-0.05, 0) is 59.7 Å². The van der Waals surface area contributed by atoms with Crippen molar-refractivity contribution in [2.24, 2.45) is 0 Å². The molecule has 0 aliphatic rings. The fraction of sp³-hybridized carbons (Fsp3) is 0.0800. The molecule has 0 aliphatic carbocycles. The van der Waals surface area contributed by atoms with E-state index in [1.807, 2.05) is 36.4 Å². The molecule has 0 atom stereocenters. The molecule has 0 spiro atoms. The van der Waals surface area contributed by atoms with Crippen LogP contribution in [0.2, 0.25) is 0 Å². The van der Waals surface area contributed by atoms with Crippen LogP contribution in [0.15, 0.2) is 89.8 Å². The number of para-hydroxylation sites is 2. The monoisotopic (exact) mass is 446 g/mol. The lowest BCUT2D eigenvalue weighted by Crippen LogP contribution is -2.16. The van der Waals surface area contributed by atoms with Crippen LogP contribution in [0.3, 0.4) is 0 Å². The first-order valence-corrected chi connectivity index (χ1v) is 11.4. The third kappa shape index (κ3) is 4.43. The Kier molecular flexibility index (Phi) is 5.83. The van der Waals surface area contributed by atoms with Gasteiger partial charge in [-0.15, -0.1) is 0 Å². The summed E-state index contributed by atoms with van der Waals surface area (Å²) in [6.45, 7) is 1.81. The molecule has 0 aromatic heterocycles. The van der Waals surface area contributed by atoms with Gasteiger partial charge in [0.2, 0.25) is 0 Å². The average Bonchev–Trinajstić information content (AvgIpc) is 2.80. The van der Waals surface area contributed by atoms with E-state index in [1.165, 1.54) is 19.2 Å². The van der Waals surface area contributed by atoms with E-state index in [0.717, 1.165) is 16.3 Å². The lowest BCUT2D eigenvalue weighted by atomic mass is 10.1. The number of ether oxygens (including phenoxy) is 1. The van der Waals surface area contributed by atoms with Gasteiger partial charge in [-0.3, -0.25) is 9.52 Å². The molecule has 0 aliphatic heterocycles. The van der Waals surface area contributed by atoms with Crippen LogP contribution in [0.5, 0.6) is 5.75 Å². The van der Waals surface area contributed by atoms with Gasteiger partial charge in [0.05, 0.1) is 17.7 Å². The second kappa shape index (κ2) is 8.72. The molecule has 32 heavy (non-hydrogen) atoms. The zero-order valence-electron chi connectivity index (χ0n) is 17.6. The number of methoxy groups -OCH3 is 1. The largest absolute Gasteiger partial charge is 0.495 e. The molecule has 0 unspecified atom stereocenters. The van der Waals surface area contributed by atoms with Crippen molar-refractivity contribution in [3.8, 4) is 5.75 Å². The highest BCUT2D eigenvalue weighted by Gasteiger charge is 2.18. The fourth-order valence-electron chi connectivity index (χ4n) is 3.36. The van der Waals surface area contributed by atoms with Crippen LogP contribution in [0.1, 0.15) is 15.9 Å². The highest BCUT2D eigenvalue weighted by Crippen LogP contribution is 2.28. The lowest BCUT2D eigenvalue weighted by molar-refractivity contribution is 0.102. The number of anilines is 2. The second-order valence-electron chi connectivity index (χ2n) is 7.30. The average molecular weight is 447 g/mol. The van der Waals surface area contributed by atoms with Gasteiger partial charge in [-0.1, -0.05) is 48.5 Å². The first kappa shape index (κ1) is 21.4. The zero-order valence-corrected chi connectivity index (χ0v) is 18.4. The number of benzene rings is 4. The summed E-state index contributed by atoms with van der Waals surface area (Å²) >= 11 is 0. The van der Waals surface area contributed by atoms with Gasteiger partial charge in [0.25, 0.3) is 15.9 Å². The summed E-state index contributed by atoms with van der Waals surface area (Å²) in [7, 11) is -2.42. The molecule has 4 rings (SSSR count). The fourth-order valence-corrected chi connectivity index (χ4v) is 4.46. The van der Waals surface area contributed by atoms with Gasteiger partial charge in [0, 0.05) is 11.3 Å². The number of carbonyl (C=O) groups is 1. The van der Waals surface area contributed by atoms with Crippen LogP contribution in [0.4, 0.5) is 11.4 Å². The summed E-state index contributed by atoms with van der Waals surface area (Å²) in [5.41, 5.74) is 1.99. The Labute approximate surface area is 186 Å². The molecule has 4 aromatic carbocycles. The van der Waals surface area contributed by atoms with E-state index in [-0.39, 0.29) is 10.8 Å². The number of aryl methyl sites for hydroxylation is 1. The molecule has 0 heterocycles. The molecule has 2 N–H and O–H groups in total. The van der Waals surface area contributed by atoms with Crippen molar-refractivity contribution in [1.82, 2.24) is 0 Å². The van der Waals surface area contributed by atoms with Crippen molar-refractivity contribution in [1.29, 1.82) is 0 Å². The molecular formula is C25H22N2O4S. The van der Waals surface area contributed by atoms with Crippen molar-refractivity contribution in [2.75, 3.05) is 17.1 Å². The molecule has 0 fully saturated rings. The molecular weight excluding hydrogens is 424 g/mol. The van der Waals surface area contributed by atoms with Gasteiger partial charge in [0.1, 0.15) is 5.75 Å². The smallest absolute Gasteiger partial charge is 0.262 e. The maximum Gasteiger partial charge on any atom is 0.262 e. The SMILES string of the molecule is COc1ccccc1NS(=O)(=O)c1ccc(C)c(NC(=O)c2ccc3ccccc3c2)c1. The minimum Gasteiger partial charge on any atom is -0.495 e. The number of hydrogen-bond acceptors (Lipinski definition) is 4. The van der Waals surface area contributed by atoms with Crippen LogP contribution in [-0.2, 0) is 10.0 Å². The van der Waals surface area contributed by atoms with E-state index < -0.39 is 10.0 Å². The molecule has 6 nitrogen and oxygen atoms in total. The van der Waals surface area contributed by atoms with E-state index in [1.54, 1.807) is 43.3 Å². The Hall–Kier alpha value is -3.84. The Morgan fingerprint density at radius 2 is 1.53 bits per heavy atom. The summed E-state index contributed by atoms with van der Waals surface area (Å²) in [4.78, 5) is 12.9. The quantitative estimate of drug-likeness (QED) is 0.426. The van der Waals surface area contributed by atoms with E-state index in [0.29, 0.717) is 22.7 Å². The predicted octanol–water partition coefficient (Wildman–Crippen LogP) is 5.21. The molecule has 162 valence electrons. The summed E-state index contributed by atoms with van der Waals surface area (Å²) in [5.74, 6) is 0.0964. The summed E-state index contributed by atoms with van der Waals surface area (Å²) < 4.78 is 33.7. The van der Waals surface area contributed by atoms with Crippen LogP contribution in [-0.4, -0.2) is 21.4 Å². The van der Waals surface area contributed by atoms with Gasteiger partial charge in [-0.2, -0.15) is 0 Å². The number of hydrogen-bond donors (Lipinski definition) is 2. The molecule has 4 aromatic rings. The predicted molar refractivity (Wildman–Crippen MR) is 127 cm³/mol. The summed E-state index contributed by atoms with van der Waals surface area (Å²) in [6, 6.07) is 24.6. The number of fused-ring (bicyclic) bond motifs is 1. The zero-order chi connectivity index (χ0) is 22.7. The third-order valence-corrected chi connectivity index (χ3v) is 6.49. The first-order chi connectivity index (χ1) is 15.4. The topological polar surface area (TPSA) is 84.5 Å². The van der Waals surface area contributed by atoms with E-state index in [4.69, 9.17) is 4.74 Å². The maximum atomic E-state index is 13.0. The minimum absolute atomic E-state index is 0.0304. The van der Waals surface area contributed by atoms with Crippen molar-refractivity contribution >= 4 is 38.1 Å². The second-order valence-corrected chi connectivity index (χ2v) is 8.98. The van der Waals surface area contributed by atoms with Gasteiger partial charge >= 0.3 is 0 Å². The van der Waals surface area contributed by atoms with Crippen LogP contribution >= 0.6 is 0 Å². The lowest BCUT2D eigenvalue weighted by Gasteiger charge is -2.14. The Morgan fingerprint density at radius 3 is 2.31 bits per heavy atom. The molecule has 0 saturated carbocycles. The van der Waals surface area contributed by atoms with Crippen molar-refractivity contribution in [2.45, 2.75) is 11.8 Å². The van der Waals surface area contributed by atoms with Crippen molar-refractivity contribution in [3.63, 3.8) is 0 Å². The molecule has 0 bridgehead atoms. The molecule has 7 heteroatoms. The summed E-state index contributed by atoms with van der Waals surface area (Å²) in [5, 5.41) is 4.82. The van der Waals surface area contributed by atoms with Crippen molar-refractivity contribution < 1.29 is 17.9 Å². The number of nitrogens with one attached hydrogen (secondary N) is 2. The van der Waals surface area contributed by atoms with Crippen LogP contribution < -0.4 is 14.8 Å². The minimum atomic E-state index is -3.90. The van der Waals surface area contributed by atoms with Crippen molar-refractivity contribution in [3.05, 3.63) is 96.1 Å². The third-order valence-electron chi connectivity index (χ3n) is 5.13. The van der Waals surface area contributed by atoms with Crippen LogP contribution in [0.25, 0.3) is 10.8 Å². The van der Waals surface area contributed by atoms with Gasteiger partial charge < -0.3 is 10.1 Å². The first-order valence-electron chi connectivity index (χ1n) is 9.94. The maximum absolute atomic E-state index is 13.0. The Morgan fingerprint density at radius 1 is 0.812 bits per heavy atom. The van der Waals surface area contributed by atoms with Gasteiger partial charge in [0.15, 0.2) is 0 Å². The molecule has 1 amide bonds. The number of rotatable bonds is 6. The highest BCUT2D eigenvalue weighted by molar-refractivity contribution is 7.92. The van der Waals surface area contributed by atoms with Crippen LogP contribution in [0, 0.1) is 6.92 Å². The van der Waals surface area contributed by atoms with E-state index in [9.17, 15) is 13.2 Å². The van der Waals surface area contributed by atoms with E-state index >= 15 is 0 Å². The van der Waals surface area contributed by atoms with Gasteiger partial charge in [-0.25, -0.2) is 8.42 Å². The number of carbonyl (C=O) groups excluding carboxylic acids is 1.